The van der Waals surface area contributed by atoms with Crippen LogP contribution < -0.4 is 10.2 Å². The van der Waals surface area contributed by atoms with Gasteiger partial charge in [0.2, 0.25) is 5.43 Å². The van der Waals surface area contributed by atoms with Crippen LogP contribution in [0.5, 0.6) is 11.5 Å². The van der Waals surface area contributed by atoms with Crippen LogP contribution in [0.15, 0.2) is 39.7 Å². The van der Waals surface area contributed by atoms with Crippen molar-refractivity contribution in [3.8, 4) is 11.5 Å². The van der Waals surface area contributed by atoms with Crippen LogP contribution in [0.4, 0.5) is 0 Å². The maximum absolute atomic E-state index is 12.7. The lowest BCUT2D eigenvalue weighted by Crippen LogP contribution is -2.48. The number of ether oxygens (including phenoxy) is 2. The average molecular weight is 410 g/mol. The molecule has 0 spiro atoms. The molecule has 0 atom stereocenters. The monoisotopic (exact) mass is 410 g/mol. The molecule has 1 aromatic heterocycles. The maximum Gasteiger partial charge on any atom is 0.338 e. The maximum atomic E-state index is 12.7. The third-order valence-electron chi connectivity index (χ3n) is 7.26. The van der Waals surface area contributed by atoms with Crippen molar-refractivity contribution in [3.05, 3.63) is 57.6 Å². The molecule has 4 fully saturated rings. The van der Waals surface area contributed by atoms with E-state index >= 15 is 0 Å². The van der Waals surface area contributed by atoms with Crippen LogP contribution in [0.2, 0.25) is 0 Å². The molecule has 4 aliphatic carbocycles. The van der Waals surface area contributed by atoms with Crippen molar-refractivity contribution < 1.29 is 23.8 Å². The molecule has 4 bridgehead atoms. The molecule has 6 rings (SSSR count). The summed E-state index contributed by atoms with van der Waals surface area (Å²) in [5, 5.41) is 9.27. The minimum atomic E-state index is -0.569. The summed E-state index contributed by atoms with van der Waals surface area (Å²) in [7, 11) is 1.68. The minimum absolute atomic E-state index is 0.0974. The van der Waals surface area contributed by atoms with Gasteiger partial charge in [-0.3, -0.25) is 4.79 Å². The van der Waals surface area contributed by atoms with E-state index in [-0.39, 0.29) is 17.8 Å². The molecule has 0 saturated heterocycles. The van der Waals surface area contributed by atoms with Gasteiger partial charge in [0.25, 0.3) is 0 Å². The molecule has 0 radical (unpaired) electrons. The first kappa shape index (κ1) is 19.2. The van der Waals surface area contributed by atoms with Crippen molar-refractivity contribution in [1.29, 1.82) is 0 Å². The molecule has 1 heterocycles. The van der Waals surface area contributed by atoms with Gasteiger partial charge >= 0.3 is 5.97 Å². The van der Waals surface area contributed by atoms with Crippen LogP contribution in [-0.2, 0) is 16.8 Å². The largest absolute Gasteiger partial charge is 0.502 e. The standard InChI is InChI=1S/C24H26O6/c1-28-22-3-2-17(23(27)30-12-18-8-20(25)21(26)13-29-18)7-19(22)24-9-14-4-15(10-24)6-16(5-14)11-24/h2-3,7-8,13-16,26H,4-6,9-12H2,1H3. The van der Waals surface area contributed by atoms with Gasteiger partial charge in [-0.25, -0.2) is 4.79 Å². The zero-order valence-corrected chi connectivity index (χ0v) is 17.1. The van der Waals surface area contributed by atoms with Crippen LogP contribution >= 0.6 is 0 Å². The second-order valence-corrected chi connectivity index (χ2v) is 9.28. The van der Waals surface area contributed by atoms with Gasteiger partial charge in [0.15, 0.2) is 5.75 Å². The zero-order chi connectivity index (χ0) is 20.9. The highest BCUT2D eigenvalue weighted by Gasteiger charge is 2.52. The highest BCUT2D eigenvalue weighted by molar-refractivity contribution is 5.90. The summed E-state index contributed by atoms with van der Waals surface area (Å²) in [5.41, 5.74) is 1.14. The predicted octanol–water partition coefficient (Wildman–Crippen LogP) is 4.18. The second-order valence-electron chi connectivity index (χ2n) is 9.28. The van der Waals surface area contributed by atoms with Crippen LogP contribution in [0.3, 0.4) is 0 Å². The Hall–Kier alpha value is -2.76. The Kier molecular flexibility index (Phi) is 4.60. The van der Waals surface area contributed by atoms with Gasteiger partial charge in [-0.15, -0.1) is 0 Å². The normalized spacial score (nSPS) is 29.0. The van der Waals surface area contributed by atoms with E-state index < -0.39 is 17.1 Å². The predicted molar refractivity (Wildman–Crippen MR) is 109 cm³/mol. The first-order valence-electron chi connectivity index (χ1n) is 10.6. The van der Waals surface area contributed by atoms with Gasteiger partial charge in [-0.05, 0) is 79.9 Å². The first-order chi connectivity index (χ1) is 14.5. The summed E-state index contributed by atoms with van der Waals surface area (Å²) in [6.07, 6.45) is 8.51. The summed E-state index contributed by atoms with van der Waals surface area (Å²) in [5.74, 6) is 2.44. The van der Waals surface area contributed by atoms with Crippen LogP contribution in [0.25, 0.3) is 0 Å². The molecule has 2 aromatic rings. The molecule has 1 N–H and O–H groups in total. The lowest BCUT2D eigenvalue weighted by Gasteiger charge is -2.57. The van der Waals surface area contributed by atoms with E-state index in [0.717, 1.165) is 41.4 Å². The number of carbonyl (C=O) groups is 1. The van der Waals surface area contributed by atoms with Crippen molar-refractivity contribution in [1.82, 2.24) is 0 Å². The summed E-state index contributed by atoms with van der Waals surface area (Å²) >= 11 is 0. The quantitative estimate of drug-likeness (QED) is 0.745. The third-order valence-corrected chi connectivity index (χ3v) is 7.26. The number of hydrogen-bond donors (Lipinski definition) is 1. The first-order valence-corrected chi connectivity index (χ1v) is 10.6. The summed E-state index contributed by atoms with van der Waals surface area (Å²) in [4.78, 5) is 24.2. The van der Waals surface area contributed by atoms with Crippen molar-refractivity contribution in [2.45, 2.75) is 50.5 Å². The Morgan fingerprint density at radius 2 is 1.80 bits per heavy atom. The molecule has 4 saturated carbocycles. The Morgan fingerprint density at radius 3 is 2.40 bits per heavy atom. The van der Waals surface area contributed by atoms with E-state index in [2.05, 4.69) is 0 Å². The molecule has 6 nitrogen and oxygen atoms in total. The number of esters is 1. The summed E-state index contributed by atoms with van der Waals surface area (Å²) in [6, 6.07) is 6.65. The van der Waals surface area contributed by atoms with Crippen LogP contribution in [-0.4, -0.2) is 18.2 Å². The average Bonchev–Trinajstić information content (AvgIpc) is 2.73. The SMILES string of the molecule is COc1ccc(C(=O)OCc2cc(=O)c(O)co2)cc1C12CC3CC(CC(C3)C1)C2. The number of benzene rings is 1. The molecule has 1 aromatic carbocycles. The molecule has 4 aliphatic rings. The van der Waals surface area contributed by atoms with Gasteiger partial charge in [0, 0.05) is 11.6 Å². The van der Waals surface area contributed by atoms with E-state index in [1.807, 2.05) is 12.1 Å². The van der Waals surface area contributed by atoms with Crippen molar-refractivity contribution in [3.63, 3.8) is 0 Å². The Bertz CT molecular complexity index is 1000. The minimum Gasteiger partial charge on any atom is -0.502 e. The van der Waals surface area contributed by atoms with Crippen molar-refractivity contribution in [2.75, 3.05) is 7.11 Å². The molecule has 0 aliphatic heterocycles. The smallest absolute Gasteiger partial charge is 0.338 e. The van der Waals surface area contributed by atoms with E-state index in [1.54, 1.807) is 13.2 Å². The number of rotatable bonds is 5. The fourth-order valence-electron chi connectivity index (χ4n) is 6.43. The van der Waals surface area contributed by atoms with Gasteiger partial charge in [0.1, 0.15) is 24.4 Å². The molecule has 30 heavy (non-hydrogen) atoms. The molecule has 0 amide bonds. The Labute approximate surface area is 174 Å². The lowest BCUT2D eigenvalue weighted by molar-refractivity contribution is -0.00620. The zero-order valence-electron chi connectivity index (χ0n) is 17.1. The fourth-order valence-corrected chi connectivity index (χ4v) is 6.43. The summed E-state index contributed by atoms with van der Waals surface area (Å²) < 4.78 is 16.2. The van der Waals surface area contributed by atoms with Gasteiger partial charge in [-0.1, -0.05) is 0 Å². The number of hydrogen-bond acceptors (Lipinski definition) is 6. The summed E-state index contributed by atoms with van der Waals surface area (Å²) in [6.45, 7) is -0.174. The highest BCUT2D eigenvalue weighted by atomic mass is 16.5. The van der Waals surface area contributed by atoms with Crippen molar-refractivity contribution >= 4 is 5.97 Å². The molecular formula is C24H26O6. The van der Waals surface area contributed by atoms with E-state index in [9.17, 15) is 14.7 Å². The Morgan fingerprint density at radius 1 is 1.13 bits per heavy atom. The van der Waals surface area contributed by atoms with Crippen molar-refractivity contribution in [2.24, 2.45) is 17.8 Å². The van der Waals surface area contributed by atoms with E-state index in [0.29, 0.717) is 5.56 Å². The van der Waals surface area contributed by atoms with Crippen LogP contribution in [0, 0.1) is 17.8 Å². The fraction of sp³-hybridized carbons (Fsp3) is 0.500. The van der Waals surface area contributed by atoms with E-state index in [4.69, 9.17) is 13.9 Å². The number of methoxy groups -OCH3 is 1. The van der Waals surface area contributed by atoms with E-state index in [1.165, 1.54) is 38.5 Å². The van der Waals surface area contributed by atoms with Crippen LogP contribution in [0.1, 0.15) is 60.2 Å². The molecule has 6 heteroatoms. The number of carbonyl (C=O) groups excluding carboxylic acids is 1. The topological polar surface area (TPSA) is 86.0 Å². The second kappa shape index (κ2) is 7.18. The molecule has 0 unspecified atom stereocenters. The van der Waals surface area contributed by atoms with Gasteiger partial charge in [-0.2, -0.15) is 0 Å². The van der Waals surface area contributed by atoms with Gasteiger partial charge < -0.3 is 19.0 Å². The Balaban J connectivity index is 1.40. The lowest BCUT2D eigenvalue weighted by atomic mass is 9.48. The highest BCUT2D eigenvalue weighted by Crippen LogP contribution is 2.61. The molecular weight excluding hydrogens is 384 g/mol. The number of aromatic hydroxyl groups is 1. The third kappa shape index (κ3) is 3.28. The molecule has 158 valence electrons. The van der Waals surface area contributed by atoms with Gasteiger partial charge in [0.05, 0.1) is 12.7 Å².